The van der Waals surface area contributed by atoms with Crippen molar-refractivity contribution in [3.8, 4) is 11.5 Å². The van der Waals surface area contributed by atoms with Crippen molar-refractivity contribution < 1.29 is 26.6 Å². The lowest BCUT2D eigenvalue weighted by Crippen LogP contribution is -2.48. The molecule has 1 aliphatic rings. The third kappa shape index (κ3) is 4.70. The maximum absolute atomic E-state index is 12.6. The molecule has 0 unspecified atom stereocenters. The molecule has 28 heavy (non-hydrogen) atoms. The minimum Gasteiger partial charge on any atom is -0.413 e. The topological polar surface area (TPSA) is 79.5 Å². The maximum atomic E-state index is 12.6. The zero-order valence-electron chi connectivity index (χ0n) is 15.1. The zero-order chi connectivity index (χ0) is 20.3. The first-order valence-corrected chi connectivity index (χ1v) is 10.2. The van der Waals surface area contributed by atoms with Gasteiger partial charge in [-0.2, -0.15) is 13.2 Å². The molecule has 1 aromatic carbocycles. The van der Waals surface area contributed by atoms with Gasteiger partial charge in [-0.25, -0.2) is 4.79 Å². The van der Waals surface area contributed by atoms with Gasteiger partial charge in [0.1, 0.15) is 0 Å². The number of urea groups is 1. The van der Waals surface area contributed by atoms with Crippen molar-refractivity contribution in [2.75, 3.05) is 31.1 Å². The van der Waals surface area contributed by atoms with Gasteiger partial charge in [0.2, 0.25) is 5.89 Å². The number of nitrogens with zero attached hydrogens (tertiary/aromatic N) is 4. The van der Waals surface area contributed by atoms with E-state index in [-0.39, 0.29) is 11.9 Å². The first-order valence-electron chi connectivity index (χ1n) is 8.66. The molecule has 0 spiro atoms. The lowest BCUT2D eigenvalue weighted by atomic mass is 10.1. The Labute approximate surface area is 162 Å². The molecule has 0 atom stereocenters. The van der Waals surface area contributed by atoms with Gasteiger partial charge in [-0.1, -0.05) is 12.1 Å². The molecular formula is C17H19F3N4O3S. The summed E-state index contributed by atoms with van der Waals surface area (Å²) in [6.45, 7) is 3.66. The van der Waals surface area contributed by atoms with Crippen molar-refractivity contribution in [3.63, 3.8) is 0 Å². The van der Waals surface area contributed by atoms with Crippen LogP contribution in [0.15, 0.2) is 28.7 Å². The van der Waals surface area contributed by atoms with Crippen molar-refractivity contribution in [1.82, 2.24) is 20.0 Å². The zero-order valence-corrected chi connectivity index (χ0v) is 15.9. The van der Waals surface area contributed by atoms with Crippen molar-refractivity contribution in [2.45, 2.75) is 19.6 Å². The van der Waals surface area contributed by atoms with E-state index in [0.717, 1.165) is 5.56 Å². The molecule has 152 valence electrons. The summed E-state index contributed by atoms with van der Waals surface area (Å²) in [5.41, 5.74) is 1.18. The summed E-state index contributed by atoms with van der Waals surface area (Å²) in [6, 6.07) is 6.44. The normalized spacial score (nSPS) is 15.6. The second-order valence-corrected chi connectivity index (χ2v) is 7.94. The predicted octanol–water partition coefficient (Wildman–Crippen LogP) is 2.76. The van der Waals surface area contributed by atoms with Gasteiger partial charge in [0.05, 0.1) is 0 Å². The van der Waals surface area contributed by atoms with Crippen LogP contribution in [0.2, 0.25) is 0 Å². The molecule has 1 saturated heterocycles. The van der Waals surface area contributed by atoms with Gasteiger partial charge >= 0.3 is 18.1 Å². The van der Waals surface area contributed by atoms with Crippen LogP contribution in [-0.2, 0) is 23.5 Å². The summed E-state index contributed by atoms with van der Waals surface area (Å²) < 4.78 is 53.8. The highest BCUT2D eigenvalue weighted by atomic mass is 32.2. The highest BCUT2D eigenvalue weighted by Gasteiger charge is 2.38. The van der Waals surface area contributed by atoms with Gasteiger partial charge in [0.25, 0.3) is 0 Å². The Bertz CT molecular complexity index is 844. The quantitative estimate of drug-likeness (QED) is 0.766. The van der Waals surface area contributed by atoms with E-state index in [1.165, 1.54) is 0 Å². The third-order valence-electron chi connectivity index (χ3n) is 4.34. The Balaban J connectivity index is 1.66. The Hall–Kier alpha value is -2.43. The molecule has 1 fully saturated rings. The fourth-order valence-corrected chi connectivity index (χ4v) is 3.82. The number of aromatic nitrogens is 2. The fourth-order valence-electron chi connectivity index (χ4n) is 2.77. The van der Waals surface area contributed by atoms with Gasteiger partial charge in [-0.05, 0) is 24.6 Å². The van der Waals surface area contributed by atoms with Crippen LogP contribution in [0, 0.1) is 0 Å². The van der Waals surface area contributed by atoms with E-state index in [4.69, 9.17) is 0 Å². The minimum absolute atomic E-state index is 0.116. The van der Waals surface area contributed by atoms with Crippen LogP contribution >= 0.6 is 0 Å². The van der Waals surface area contributed by atoms with Gasteiger partial charge in [-0.15, -0.1) is 10.2 Å². The number of benzene rings is 1. The van der Waals surface area contributed by atoms with Gasteiger partial charge in [0, 0.05) is 54.0 Å². The van der Waals surface area contributed by atoms with Crippen molar-refractivity contribution >= 4 is 16.8 Å². The van der Waals surface area contributed by atoms with E-state index in [9.17, 15) is 22.2 Å². The minimum atomic E-state index is -4.69. The van der Waals surface area contributed by atoms with Crippen LogP contribution < -0.4 is 0 Å². The molecule has 1 aliphatic heterocycles. The van der Waals surface area contributed by atoms with Crippen LogP contribution in [0.25, 0.3) is 11.5 Å². The average molecular weight is 416 g/mol. The number of halogens is 3. The molecule has 3 rings (SSSR count). The first kappa shape index (κ1) is 20.3. The number of alkyl halides is 3. The molecule has 2 amide bonds. The van der Waals surface area contributed by atoms with Crippen LogP contribution in [-0.4, -0.2) is 61.4 Å². The molecular weight excluding hydrogens is 397 g/mol. The third-order valence-corrected chi connectivity index (χ3v) is 5.62. The van der Waals surface area contributed by atoms with Crippen molar-refractivity contribution in [2.24, 2.45) is 0 Å². The average Bonchev–Trinajstić information content (AvgIpc) is 3.17. The summed E-state index contributed by atoms with van der Waals surface area (Å²) in [4.78, 5) is 16.0. The Morgan fingerprint density at radius 2 is 1.86 bits per heavy atom. The molecule has 0 aliphatic carbocycles. The molecule has 2 heterocycles. The Morgan fingerprint density at radius 1 is 1.21 bits per heavy atom. The van der Waals surface area contributed by atoms with E-state index in [2.05, 4.69) is 14.6 Å². The lowest BCUT2D eigenvalue weighted by Gasteiger charge is -2.32. The van der Waals surface area contributed by atoms with Crippen molar-refractivity contribution in [3.05, 3.63) is 35.7 Å². The van der Waals surface area contributed by atoms with E-state index in [0.29, 0.717) is 43.2 Å². The summed E-state index contributed by atoms with van der Waals surface area (Å²) in [7, 11) is -0.858. The summed E-state index contributed by atoms with van der Waals surface area (Å²) >= 11 is 0. The number of carbonyl (C=O) groups is 1. The predicted molar refractivity (Wildman–Crippen MR) is 95.7 cm³/mol. The molecule has 0 N–H and O–H groups in total. The van der Waals surface area contributed by atoms with Gasteiger partial charge in [-0.3, -0.25) is 4.21 Å². The molecule has 7 nitrogen and oxygen atoms in total. The smallest absolute Gasteiger partial charge is 0.413 e. The number of amides is 2. The standard InChI is InChI=1S/C17H19F3N4O3S/c1-2-23(16(25)24-7-9-28(26)10-8-24)11-12-3-5-13(6-4-12)14-21-22-15(27-14)17(18,19)20/h3-6H,2,7-11H2,1H3. The first-order chi connectivity index (χ1) is 13.3. The monoisotopic (exact) mass is 416 g/mol. The van der Waals surface area contributed by atoms with Crippen LogP contribution in [0.4, 0.5) is 18.0 Å². The Kier molecular flexibility index (Phi) is 6.01. The fraction of sp³-hybridized carbons (Fsp3) is 0.471. The molecule has 2 aromatic rings. The molecule has 0 saturated carbocycles. The largest absolute Gasteiger partial charge is 0.470 e. The number of hydrogen-bond acceptors (Lipinski definition) is 5. The molecule has 11 heteroatoms. The van der Waals surface area contributed by atoms with E-state index >= 15 is 0 Å². The second kappa shape index (κ2) is 8.29. The highest BCUT2D eigenvalue weighted by molar-refractivity contribution is 7.85. The number of rotatable bonds is 4. The van der Waals surface area contributed by atoms with Gasteiger partial charge in [0.15, 0.2) is 0 Å². The van der Waals surface area contributed by atoms with Crippen molar-refractivity contribution in [1.29, 1.82) is 0 Å². The summed E-state index contributed by atoms with van der Waals surface area (Å²) in [5, 5.41) is 6.43. The summed E-state index contributed by atoms with van der Waals surface area (Å²) in [6.07, 6.45) is -4.69. The van der Waals surface area contributed by atoms with E-state index < -0.39 is 22.9 Å². The Morgan fingerprint density at radius 3 is 2.39 bits per heavy atom. The molecule has 0 radical (unpaired) electrons. The van der Waals surface area contributed by atoms with Crippen LogP contribution in [0.3, 0.4) is 0 Å². The second-order valence-electron chi connectivity index (χ2n) is 6.24. The maximum Gasteiger partial charge on any atom is 0.470 e. The highest BCUT2D eigenvalue weighted by Crippen LogP contribution is 2.30. The van der Waals surface area contributed by atoms with Crippen LogP contribution in [0.1, 0.15) is 18.4 Å². The van der Waals surface area contributed by atoms with Gasteiger partial charge < -0.3 is 14.2 Å². The molecule has 0 bridgehead atoms. The number of hydrogen-bond donors (Lipinski definition) is 0. The SMILES string of the molecule is CCN(Cc1ccc(-c2nnc(C(F)(F)F)o2)cc1)C(=O)N1CCS(=O)CC1. The molecule has 1 aromatic heterocycles. The van der Waals surface area contributed by atoms with Crippen LogP contribution in [0.5, 0.6) is 0 Å². The lowest BCUT2D eigenvalue weighted by molar-refractivity contribution is -0.156. The van der Waals surface area contributed by atoms with E-state index in [1.807, 2.05) is 6.92 Å². The van der Waals surface area contributed by atoms with E-state index in [1.54, 1.807) is 34.1 Å². The summed E-state index contributed by atoms with van der Waals surface area (Å²) in [5.74, 6) is -0.634. The number of carbonyl (C=O) groups excluding carboxylic acids is 1.